The Balaban J connectivity index is 2.01. The van der Waals surface area contributed by atoms with Gasteiger partial charge in [0.25, 0.3) is 0 Å². The highest BCUT2D eigenvalue weighted by Crippen LogP contribution is 2.30. The van der Waals surface area contributed by atoms with Crippen molar-refractivity contribution in [1.29, 1.82) is 0 Å². The van der Waals surface area contributed by atoms with E-state index in [9.17, 15) is 4.79 Å². The molecule has 1 saturated heterocycles. The third kappa shape index (κ3) is 3.94. The van der Waals surface area contributed by atoms with Crippen molar-refractivity contribution in [3.05, 3.63) is 10.7 Å². The maximum absolute atomic E-state index is 12.0. The van der Waals surface area contributed by atoms with Crippen molar-refractivity contribution >= 4 is 39.2 Å². The van der Waals surface area contributed by atoms with Crippen molar-refractivity contribution in [3.8, 4) is 0 Å². The van der Waals surface area contributed by atoms with Crippen LogP contribution in [-0.2, 0) is 4.74 Å². The topological polar surface area (TPSA) is 97.7 Å². The molecule has 8 heteroatoms. The first kappa shape index (κ1) is 16.7. The molecule has 1 aromatic rings. The van der Waals surface area contributed by atoms with Gasteiger partial charge < -0.3 is 26.0 Å². The summed E-state index contributed by atoms with van der Waals surface area (Å²) in [7, 11) is 0. The van der Waals surface area contributed by atoms with Crippen LogP contribution in [0.15, 0.2) is 10.7 Å². The number of nitrogens with two attached hydrogens (primary N) is 2. The summed E-state index contributed by atoms with van der Waals surface area (Å²) in [5, 5.41) is 0. The van der Waals surface area contributed by atoms with Crippen molar-refractivity contribution in [3.63, 3.8) is 0 Å². The first-order valence-corrected chi connectivity index (χ1v) is 7.91. The zero-order valence-electron chi connectivity index (χ0n) is 13.1. The number of carbonyl (C=O) groups excluding carboxylic acids is 1. The molecular formula is C14H22BrN5O2. The molecular weight excluding hydrogens is 350 g/mol. The van der Waals surface area contributed by atoms with Crippen molar-refractivity contribution in [2.24, 2.45) is 0 Å². The van der Waals surface area contributed by atoms with Crippen molar-refractivity contribution < 1.29 is 9.53 Å². The number of aromatic nitrogens is 1. The second-order valence-electron chi connectivity index (χ2n) is 6.23. The van der Waals surface area contributed by atoms with Gasteiger partial charge in [-0.2, -0.15) is 0 Å². The molecule has 0 aromatic carbocycles. The van der Waals surface area contributed by atoms with Gasteiger partial charge in [0.05, 0.1) is 11.4 Å². The van der Waals surface area contributed by atoms with Gasteiger partial charge in [-0.15, -0.1) is 0 Å². The van der Waals surface area contributed by atoms with Crippen molar-refractivity contribution in [2.75, 3.05) is 42.5 Å². The zero-order valence-corrected chi connectivity index (χ0v) is 14.7. The van der Waals surface area contributed by atoms with Crippen LogP contribution < -0.4 is 16.4 Å². The lowest BCUT2D eigenvalue weighted by Crippen LogP contribution is -2.50. The van der Waals surface area contributed by atoms with Gasteiger partial charge in [0.2, 0.25) is 0 Å². The molecule has 0 radical (unpaired) electrons. The van der Waals surface area contributed by atoms with E-state index in [1.165, 1.54) is 0 Å². The van der Waals surface area contributed by atoms with Crippen molar-refractivity contribution in [1.82, 2.24) is 9.88 Å². The Morgan fingerprint density at radius 3 is 2.41 bits per heavy atom. The summed E-state index contributed by atoms with van der Waals surface area (Å²) in [6, 6.07) is 1.80. The summed E-state index contributed by atoms with van der Waals surface area (Å²) < 4.78 is 6.04. The average Bonchev–Trinajstić information content (AvgIpc) is 2.41. The molecule has 2 heterocycles. The number of ether oxygens (including phenoxy) is 1. The molecule has 0 saturated carbocycles. The highest BCUT2D eigenvalue weighted by molar-refractivity contribution is 9.10. The predicted molar refractivity (Wildman–Crippen MR) is 90.8 cm³/mol. The van der Waals surface area contributed by atoms with Gasteiger partial charge in [-0.1, -0.05) is 0 Å². The first-order valence-electron chi connectivity index (χ1n) is 7.12. The molecule has 122 valence electrons. The minimum absolute atomic E-state index is 0.277. The molecule has 22 heavy (non-hydrogen) atoms. The fourth-order valence-corrected chi connectivity index (χ4v) is 2.74. The second-order valence-corrected chi connectivity index (χ2v) is 6.98. The van der Waals surface area contributed by atoms with E-state index in [4.69, 9.17) is 16.2 Å². The number of carbonyl (C=O) groups is 1. The fraction of sp³-hybridized carbons (Fsp3) is 0.571. The van der Waals surface area contributed by atoms with Gasteiger partial charge in [-0.05, 0) is 42.8 Å². The van der Waals surface area contributed by atoms with E-state index >= 15 is 0 Å². The molecule has 0 bridgehead atoms. The summed E-state index contributed by atoms with van der Waals surface area (Å²) in [5.74, 6) is 0.308. The van der Waals surface area contributed by atoms with E-state index in [1.54, 1.807) is 11.0 Å². The first-order chi connectivity index (χ1) is 10.2. The quantitative estimate of drug-likeness (QED) is 0.733. The highest BCUT2D eigenvalue weighted by Gasteiger charge is 2.26. The van der Waals surface area contributed by atoms with E-state index < -0.39 is 5.60 Å². The molecule has 1 fully saturated rings. The van der Waals surface area contributed by atoms with E-state index in [1.807, 2.05) is 20.8 Å². The predicted octanol–water partition coefficient (Wildman–Crippen LogP) is 2.07. The van der Waals surface area contributed by atoms with Gasteiger partial charge in [0, 0.05) is 26.2 Å². The number of anilines is 3. The summed E-state index contributed by atoms with van der Waals surface area (Å²) >= 11 is 3.41. The number of piperazine rings is 1. The van der Waals surface area contributed by atoms with Crippen LogP contribution in [0.3, 0.4) is 0 Å². The van der Waals surface area contributed by atoms with Gasteiger partial charge >= 0.3 is 6.09 Å². The molecule has 0 aliphatic carbocycles. The average molecular weight is 372 g/mol. The van der Waals surface area contributed by atoms with E-state index in [0.29, 0.717) is 42.3 Å². The summed E-state index contributed by atoms with van der Waals surface area (Å²) in [6.07, 6.45) is -0.277. The molecule has 7 nitrogen and oxygen atoms in total. The minimum Gasteiger partial charge on any atom is -0.444 e. The fourth-order valence-electron chi connectivity index (χ4n) is 2.19. The molecule has 1 amide bonds. The molecule has 0 spiro atoms. The summed E-state index contributed by atoms with van der Waals surface area (Å²) in [5.41, 5.74) is 12.4. The Hall–Kier alpha value is -1.70. The third-order valence-electron chi connectivity index (χ3n) is 3.29. The van der Waals surface area contributed by atoms with Crippen LogP contribution in [0.5, 0.6) is 0 Å². The Morgan fingerprint density at radius 1 is 1.27 bits per heavy atom. The lowest BCUT2D eigenvalue weighted by molar-refractivity contribution is 0.0240. The van der Waals surface area contributed by atoms with E-state index in [-0.39, 0.29) is 6.09 Å². The molecule has 0 unspecified atom stereocenters. The number of hydrogen-bond acceptors (Lipinski definition) is 6. The van der Waals surface area contributed by atoms with Crippen LogP contribution in [0, 0.1) is 0 Å². The van der Waals surface area contributed by atoms with Crippen LogP contribution in [0.1, 0.15) is 20.8 Å². The van der Waals surface area contributed by atoms with Crippen molar-refractivity contribution in [2.45, 2.75) is 26.4 Å². The molecule has 0 atom stereocenters. The van der Waals surface area contributed by atoms with Gasteiger partial charge in [-0.3, -0.25) is 0 Å². The SMILES string of the molecule is CC(C)(C)OC(=O)N1CCN(c2cc(N)c(N)nc2Br)CC1. The van der Waals surface area contributed by atoms with Crippen LogP contribution in [0.25, 0.3) is 0 Å². The Bertz CT molecular complexity index is 565. The normalized spacial score (nSPS) is 15.8. The minimum atomic E-state index is -0.480. The smallest absolute Gasteiger partial charge is 0.410 e. The van der Waals surface area contributed by atoms with Crippen LogP contribution in [-0.4, -0.2) is 47.8 Å². The number of halogens is 1. The zero-order chi connectivity index (χ0) is 16.5. The number of amides is 1. The summed E-state index contributed by atoms with van der Waals surface area (Å²) in [6.45, 7) is 8.13. The van der Waals surface area contributed by atoms with Crippen LogP contribution in [0.4, 0.5) is 22.0 Å². The lowest BCUT2D eigenvalue weighted by Gasteiger charge is -2.37. The molecule has 1 aliphatic rings. The van der Waals surface area contributed by atoms with Crippen LogP contribution >= 0.6 is 15.9 Å². The monoisotopic (exact) mass is 371 g/mol. The Morgan fingerprint density at radius 2 is 1.86 bits per heavy atom. The Labute approximate surface area is 138 Å². The molecule has 1 aromatic heterocycles. The number of rotatable bonds is 1. The number of nitrogens with zero attached hydrogens (tertiary/aromatic N) is 3. The van der Waals surface area contributed by atoms with Crippen LogP contribution in [0.2, 0.25) is 0 Å². The molecule has 1 aliphatic heterocycles. The Kier molecular flexibility index (Phi) is 4.69. The third-order valence-corrected chi connectivity index (χ3v) is 3.87. The lowest BCUT2D eigenvalue weighted by atomic mass is 10.2. The standard InChI is InChI=1S/C14H22BrN5O2/c1-14(2,3)22-13(21)20-6-4-19(5-7-20)10-8-9(16)12(17)18-11(10)15/h8H,4-7,16H2,1-3H3,(H2,17,18). The van der Waals surface area contributed by atoms with E-state index in [2.05, 4.69) is 25.8 Å². The van der Waals surface area contributed by atoms with Gasteiger partial charge in [0.15, 0.2) is 0 Å². The second kappa shape index (κ2) is 6.20. The van der Waals surface area contributed by atoms with E-state index in [0.717, 1.165) is 5.69 Å². The number of nitrogen functional groups attached to an aromatic ring is 2. The number of pyridine rings is 1. The van der Waals surface area contributed by atoms with Gasteiger partial charge in [-0.25, -0.2) is 9.78 Å². The summed E-state index contributed by atoms with van der Waals surface area (Å²) in [4.78, 5) is 20.1. The largest absolute Gasteiger partial charge is 0.444 e. The number of hydrogen-bond donors (Lipinski definition) is 2. The van der Waals surface area contributed by atoms with Gasteiger partial charge in [0.1, 0.15) is 16.0 Å². The maximum atomic E-state index is 12.0. The molecule has 2 rings (SSSR count). The highest BCUT2D eigenvalue weighted by atomic mass is 79.9. The molecule has 4 N–H and O–H groups in total. The maximum Gasteiger partial charge on any atom is 0.410 e.